The normalized spacial score (nSPS) is 52.2. The maximum atomic E-state index is 9.81. The Morgan fingerprint density at radius 1 is 1.15 bits per heavy atom. The van der Waals surface area contributed by atoms with Crippen molar-refractivity contribution in [1.82, 2.24) is 4.90 Å². The van der Waals surface area contributed by atoms with E-state index in [1.54, 1.807) is 0 Å². The van der Waals surface area contributed by atoms with E-state index in [1.165, 1.54) is 13.1 Å². The van der Waals surface area contributed by atoms with E-state index in [9.17, 15) is 5.11 Å². The van der Waals surface area contributed by atoms with Crippen molar-refractivity contribution in [3.63, 3.8) is 0 Å². The van der Waals surface area contributed by atoms with Crippen LogP contribution in [0.4, 0.5) is 0 Å². The van der Waals surface area contributed by atoms with Gasteiger partial charge in [0, 0.05) is 13.1 Å². The molecule has 1 N–H and O–H groups in total. The topological polar surface area (TPSA) is 23.5 Å². The van der Waals surface area contributed by atoms with Gasteiger partial charge in [0.1, 0.15) is 0 Å². The Bertz CT molecular complexity index is 195. The quantitative estimate of drug-likeness (QED) is 0.610. The Labute approximate surface area is 80.9 Å². The van der Waals surface area contributed by atoms with Crippen LogP contribution < -0.4 is 0 Å². The molecule has 76 valence electrons. The van der Waals surface area contributed by atoms with E-state index in [2.05, 4.69) is 25.8 Å². The van der Waals surface area contributed by atoms with Crippen LogP contribution in [0.25, 0.3) is 0 Å². The number of piperidine rings is 1. The zero-order chi connectivity index (χ0) is 9.59. The number of aliphatic hydroxyl groups is 1. The standard InChI is InChI=1S/C11H21NO/c1-7-5-12(3)6-10-8(2)11(13)4-9(7)10/h7-11,13H,4-6H2,1-3H3/t7-,8+,9+,10+,11+/m0/s1. The summed E-state index contributed by atoms with van der Waals surface area (Å²) >= 11 is 0. The number of nitrogens with zero attached hydrogens (tertiary/aromatic N) is 1. The average Bonchev–Trinajstić information content (AvgIpc) is 2.32. The summed E-state index contributed by atoms with van der Waals surface area (Å²) in [5, 5.41) is 9.81. The average molecular weight is 183 g/mol. The summed E-state index contributed by atoms with van der Waals surface area (Å²) < 4.78 is 0. The van der Waals surface area contributed by atoms with Gasteiger partial charge in [-0.25, -0.2) is 0 Å². The van der Waals surface area contributed by atoms with E-state index >= 15 is 0 Å². The smallest absolute Gasteiger partial charge is 0.0571 e. The molecule has 0 bridgehead atoms. The molecule has 2 heteroatoms. The minimum absolute atomic E-state index is 0.0380. The van der Waals surface area contributed by atoms with E-state index in [4.69, 9.17) is 0 Å². The summed E-state index contributed by atoms with van der Waals surface area (Å²) in [6.07, 6.45) is 1.00. The van der Waals surface area contributed by atoms with Gasteiger partial charge in [0.25, 0.3) is 0 Å². The molecule has 5 atom stereocenters. The molecule has 0 amide bonds. The van der Waals surface area contributed by atoms with Crippen LogP contribution in [-0.2, 0) is 0 Å². The molecule has 0 aromatic rings. The van der Waals surface area contributed by atoms with Crippen molar-refractivity contribution in [3.05, 3.63) is 0 Å². The first-order chi connectivity index (χ1) is 6.09. The molecule has 0 aromatic heterocycles. The number of likely N-dealkylation sites (tertiary alicyclic amines) is 1. The van der Waals surface area contributed by atoms with Crippen molar-refractivity contribution in [2.24, 2.45) is 23.7 Å². The summed E-state index contributed by atoms with van der Waals surface area (Å²) in [7, 11) is 2.20. The molecule has 2 rings (SSSR count). The molecule has 2 nitrogen and oxygen atoms in total. The van der Waals surface area contributed by atoms with Crippen LogP contribution in [0.15, 0.2) is 0 Å². The third-order valence-corrected chi connectivity index (χ3v) is 4.20. The van der Waals surface area contributed by atoms with Gasteiger partial charge in [-0.1, -0.05) is 13.8 Å². The fourth-order valence-electron chi connectivity index (χ4n) is 3.36. The highest BCUT2D eigenvalue weighted by molar-refractivity contribution is 4.95. The SMILES string of the molecule is C[C@@H]1[C@H]2CN(C)C[C@H](C)[C@H]2C[C@H]1O. The molecule has 2 aliphatic rings. The molecule has 0 radical (unpaired) electrons. The highest BCUT2D eigenvalue weighted by Gasteiger charge is 2.44. The highest BCUT2D eigenvalue weighted by Crippen LogP contribution is 2.44. The Balaban J connectivity index is 2.12. The van der Waals surface area contributed by atoms with Crippen molar-refractivity contribution in [2.45, 2.75) is 26.4 Å². The lowest BCUT2D eigenvalue weighted by Crippen LogP contribution is -2.42. The molecular formula is C11H21NO. The van der Waals surface area contributed by atoms with Crippen LogP contribution in [0, 0.1) is 23.7 Å². The van der Waals surface area contributed by atoms with Gasteiger partial charge in [-0.3, -0.25) is 0 Å². The highest BCUT2D eigenvalue weighted by atomic mass is 16.3. The van der Waals surface area contributed by atoms with Crippen molar-refractivity contribution in [3.8, 4) is 0 Å². The lowest BCUT2D eigenvalue weighted by molar-refractivity contribution is 0.0850. The number of hydrogen-bond donors (Lipinski definition) is 1. The van der Waals surface area contributed by atoms with Gasteiger partial charge < -0.3 is 10.0 Å². The molecule has 1 aliphatic carbocycles. The van der Waals surface area contributed by atoms with Crippen LogP contribution >= 0.6 is 0 Å². The van der Waals surface area contributed by atoms with Crippen LogP contribution in [0.5, 0.6) is 0 Å². The van der Waals surface area contributed by atoms with Gasteiger partial charge in [-0.15, -0.1) is 0 Å². The summed E-state index contributed by atoms with van der Waals surface area (Å²) in [6.45, 7) is 6.94. The van der Waals surface area contributed by atoms with Crippen molar-refractivity contribution >= 4 is 0 Å². The van der Waals surface area contributed by atoms with Gasteiger partial charge in [-0.05, 0) is 37.1 Å². The molecule has 1 saturated heterocycles. The third kappa shape index (κ3) is 1.50. The van der Waals surface area contributed by atoms with Crippen molar-refractivity contribution < 1.29 is 5.11 Å². The first kappa shape index (κ1) is 9.47. The van der Waals surface area contributed by atoms with E-state index in [0.717, 1.165) is 24.2 Å². The Morgan fingerprint density at radius 2 is 1.85 bits per heavy atom. The van der Waals surface area contributed by atoms with Crippen LogP contribution in [0.3, 0.4) is 0 Å². The lowest BCUT2D eigenvalue weighted by Gasteiger charge is -2.38. The monoisotopic (exact) mass is 183 g/mol. The lowest BCUT2D eigenvalue weighted by atomic mass is 9.79. The van der Waals surface area contributed by atoms with Crippen LogP contribution in [-0.4, -0.2) is 36.2 Å². The molecule has 1 saturated carbocycles. The van der Waals surface area contributed by atoms with E-state index < -0.39 is 0 Å². The molecule has 13 heavy (non-hydrogen) atoms. The number of hydrogen-bond acceptors (Lipinski definition) is 2. The van der Waals surface area contributed by atoms with E-state index in [0.29, 0.717) is 5.92 Å². The second kappa shape index (κ2) is 3.25. The molecule has 2 fully saturated rings. The van der Waals surface area contributed by atoms with E-state index in [-0.39, 0.29) is 6.10 Å². The summed E-state index contributed by atoms with van der Waals surface area (Å²) in [5.41, 5.74) is 0. The summed E-state index contributed by atoms with van der Waals surface area (Å²) in [4.78, 5) is 2.42. The fourth-order valence-corrected chi connectivity index (χ4v) is 3.36. The Kier molecular flexibility index (Phi) is 2.37. The van der Waals surface area contributed by atoms with Gasteiger partial charge in [0.15, 0.2) is 0 Å². The maximum absolute atomic E-state index is 9.81. The molecule has 0 spiro atoms. The van der Waals surface area contributed by atoms with Gasteiger partial charge in [0.05, 0.1) is 6.10 Å². The van der Waals surface area contributed by atoms with Crippen LogP contribution in [0.1, 0.15) is 20.3 Å². The molecule has 0 unspecified atom stereocenters. The molecule has 1 aliphatic heterocycles. The van der Waals surface area contributed by atoms with Gasteiger partial charge >= 0.3 is 0 Å². The molecular weight excluding hydrogens is 162 g/mol. The molecule has 0 aromatic carbocycles. The Hall–Kier alpha value is -0.0800. The number of aliphatic hydroxyl groups excluding tert-OH is 1. The summed E-state index contributed by atoms with van der Waals surface area (Å²) in [6, 6.07) is 0. The van der Waals surface area contributed by atoms with Gasteiger partial charge in [-0.2, -0.15) is 0 Å². The van der Waals surface area contributed by atoms with Crippen LogP contribution in [0.2, 0.25) is 0 Å². The van der Waals surface area contributed by atoms with Gasteiger partial charge in [0.2, 0.25) is 0 Å². The predicted octanol–water partition coefficient (Wildman–Crippen LogP) is 1.20. The second-order valence-corrected chi connectivity index (χ2v) is 5.19. The first-order valence-corrected chi connectivity index (χ1v) is 5.46. The maximum Gasteiger partial charge on any atom is 0.0571 e. The minimum atomic E-state index is -0.0380. The second-order valence-electron chi connectivity index (χ2n) is 5.19. The Morgan fingerprint density at radius 3 is 2.54 bits per heavy atom. The predicted molar refractivity (Wildman–Crippen MR) is 53.4 cm³/mol. The number of rotatable bonds is 0. The van der Waals surface area contributed by atoms with Crippen molar-refractivity contribution in [1.29, 1.82) is 0 Å². The van der Waals surface area contributed by atoms with Crippen molar-refractivity contribution in [2.75, 3.05) is 20.1 Å². The first-order valence-electron chi connectivity index (χ1n) is 5.46. The largest absolute Gasteiger partial charge is 0.393 e. The zero-order valence-electron chi connectivity index (χ0n) is 8.90. The molecule has 1 heterocycles. The summed E-state index contributed by atoms with van der Waals surface area (Å²) in [5.74, 6) is 2.79. The number of fused-ring (bicyclic) bond motifs is 1. The zero-order valence-corrected chi connectivity index (χ0v) is 8.90. The van der Waals surface area contributed by atoms with E-state index in [1.807, 2.05) is 0 Å². The minimum Gasteiger partial charge on any atom is -0.393 e. The fraction of sp³-hybridized carbons (Fsp3) is 1.00. The third-order valence-electron chi connectivity index (χ3n) is 4.20.